The zero-order chi connectivity index (χ0) is 13.1. The predicted octanol–water partition coefficient (Wildman–Crippen LogP) is 0.973. The first-order valence-electron chi connectivity index (χ1n) is 6.66. The third-order valence-corrected chi connectivity index (χ3v) is 3.71. The van der Waals surface area contributed by atoms with E-state index in [0.29, 0.717) is 0 Å². The van der Waals surface area contributed by atoms with Crippen molar-refractivity contribution in [1.29, 1.82) is 0 Å². The Labute approximate surface area is 105 Å². The third kappa shape index (κ3) is 3.68. The van der Waals surface area contributed by atoms with Crippen LogP contribution in [0.25, 0.3) is 0 Å². The van der Waals surface area contributed by atoms with E-state index < -0.39 is 0 Å². The minimum absolute atomic E-state index is 0.0461. The maximum atomic E-state index is 12.1. The Balaban J connectivity index is 2.61. The van der Waals surface area contributed by atoms with Crippen LogP contribution in [-0.2, 0) is 4.79 Å². The molecule has 0 saturated carbocycles. The Morgan fingerprint density at radius 2 is 2.12 bits per heavy atom. The van der Waals surface area contributed by atoms with Crippen LogP contribution >= 0.6 is 0 Å². The lowest BCUT2D eigenvalue weighted by molar-refractivity contribution is -0.129. The van der Waals surface area contributed by atoms with Gasteiger partial charge in [-0.2, -0.15) is 0 Å². The molecule has 2 atom stereocenters. The molecule has 1 amide bonds. The van der Waals surface area contributed by atoms with Gasteiger partial charge < -0.3 is 10.6 Å². The Morgan fingerprint density at radius 3 is 2.65 bits per heavy atom. The van der Waals surface area contributed by atoms with Crippen LogP contribution < -0.4 is 10.6 Å². The predicted molar refractivity (Wildman–Crippen MR) is 71.0 cm³/mol. The summed E-state index contributed by atoms with van der Waals surface area (Å²) in [6.45, 7) is 13.3. The van der Waals surface area contributed by atoms with E-state index in [9.17, 15) is 4.79 Å². The number of carbonyl (C=O) groups is 1. The summed E-state index contributed by atoms with van der Waals surface area (Å²) >= 11 is 0. The molecule has 1 fully saturated rings. The van der Waals surface area contributed by atoms with E-state index >= 15 is 0 Å². The fourth-order valence-electron chi connectivity index (χ4n) is 2.32. The summed E-state index contributed by atoms with van der Waals surface area (Å²) in [5.74, 6) is 0.148. The number of carbonyl (C=O) groups excluding carboxylic acids is 1. The molecule has 0 aromatic heterocycles. The van der Waals surface area contributed by atoms with Gasteiger partial charge in [0.05, 0.1) is 6.04 Å². The molecule has 2 N–H and O–H groups in total. The molecule has 0 aliphatic carbocycles. The lowest BCUT2D eigenvalue weighted by atomic mass is 9.97. The van der Waals surface area contributed by atoms with Gasteiger partial charge in [-0.3, -0.25) is 9.69 Å². The first kappa shape index (κ1) is 14.5. The number of hydrogen-bond acceptors (Lipinski definition) is 3. The average molecular weight is 241 g/mol. The highest BCUT2D eigenvalue weighted by Gasteiger charge is 2.35. The van der Waals surface area contributed by atoms with Gasteiger partial charge in [-0.25, -0.2) is 0 Å². The molecule has 1 saturated heterocycles. The molecular weight excluding hydrogens is 214 g/mol. The van der Waals surface area contributed by atoms with Crippen molar-refractivity contribution in [3.05, 3.63) is 0 Å². The van der Waals surface area contributed by atoms with E-state index in [-0.39, 0.29) is 23.5 Å². The van der Waals surface area contributed by atoms with E-state index in [1.54, 1.807) is 0 Å². The Hall–Kier alpha value is -0.610. The van der Waals surface area contributed by atoms with Crippen LogP contribution in [0.15, 0.2) is 0 Å². The third-order valence-electron chi connectivity index (χ3n) is 3.71. The van der Waals surface area contributed by atoms with Gasteiger partial charge >= 0.3 is 0 Å². The molecule has 1 aliphatic rings. The van der Waals surface area contributed by atoms with Crippen LogP contribution in [0, 0.1) is 0 Å². The smallest absolute Gasteiger partial charge is 0.237 e. The van der Waals surface area contributed by atoms with Gasteiger partial charge in [0, 0.05) is 31.2 Å². The molecule has 100 valence electrons. The van der Waals surface area contributed by atoms with Gasteiger partial charge in [0.25, 0.3) is 0 Å². The Bertz CT molecular complexity index is 265. The molecule has 0 aromatic rings. The van der Waals surface area contributed by atoms with Gasteiger partial charge in [-0.15, -0.1) is 0 Å². The molecule has 2 unspecified atom stereocenters. The highest BCUT2D eigenvalue weighted by atomic mass is 16.2. The van der Waals surface area contributed by atoms with Crippen LogP contribution in [0.1, 0.15) is 41.0 Å². The molecule has 0 bridgehead atoms. The summed E-state index contributed by atoms with van der Waals surface area (Å²) in [6.07, 6.45) is 0.976. The van der Waals surface area contributed by atoms with Crippen LogP contribution in [0.4, 0.5) is 0 Å². The number of piperazine rings is 1. The molecule has 1 heterocycles. The number of nitrogens with zero attached hydrogens (tertiary/aromatic N) is 1. The lowest BCUT2D eigenvalue weighted by Gasteiger charge is -2.45. The van der Waals surface area contributed by atoms with Crippen LogP contribution in [0.3, 0.4) is 0 Å². The topological polar surface area (TPSA) is 44.4 Å². The quantitative estimate of drug-likeness (QED) is 0.771. The fraction of sp³-hybridized carbons (Fsp3) is 0.923. The molecule has 0 spiro atoms. The minimum atomic E-state index is -0.0545. The molecular formula is C13H27N3O. The summed E-state index contributed by atoms with van der Waals surface area (Å²) in [4.78, 5) is 14.4. The molecule has 4 nitrogen and oxygen atoms in total. The Morgan fingerprint density at radius 1 is 1.47 bits per heavy atom. The highest BCUT2D eigenvalue weighted by molar-refractivity contribution is 5.81. The van der Waals surface area contributed by atoms with Crippen molar-refractivity contribution < 1.29 is 4.79 Å². The SMILES string of the molecule is CCC(C)NC(=O)C(C)N1CCNCC1(C)C. The summed E-state index contributed by atoms with van der Waals surface area (Å²) in [6, 6.07) is 0.206. The van der Waals surface area contributed by atoms with Crippen molar-refractivity contribution in [3.8, 4) is 0 Å². The zero-order valence-electron chi connectivity index (χ0n) is 11.8. The first-order chi connectivity index (χ1) is 7.88. The second-order valence-electron chi connectivity index (χ2n) is 5.68. The maximum absolute atomic E-state index is 12.1. The van der Waals surface area contributed by atoms with Crippen molar-refractivity contribution in [2.75, 3.05) is 19.6 Å². The lowest BCUT2D eigenvalue weighted by Crippen LogP contribution is -2.63. The summed E-state index contributed by atoms with van der Waals surface area (Å²) in [5.41, 5.74) is 0.0461. The number of amides is 1. The molecule has 1 aliphatic heterocycles. The van der Waals surface area contributed by atoms with Gasteiger partial charge in [-0.05, 0) is 34.1 Å². The molecule has 0 radical (unpaired) electrons. The van der Waals surface area contributed by atoms with E-state index in [1.807, 2.05) is 13.8 Å². The minimum Gasteiger partial charge on any atom is -0.352 e. The van der Waals surface area contributed by atoms with E-state index in [2.05, 4.69) is 36.3 Å². The molecule has 4 heteroatoms. The normalized spacial score (nSPS) is 24.1. The van der Waals surface area contributed by atoms with Crippen molar-refractivity contribution in [1.82, 2.24) is 15.5 Å². The van der Waals surface area contributed by atoms with Crippen LogP contribution in [0.5, 0.6) is 0 Å². The van der Waals surface area contributed by atoms with Gasteiger partial charge in [0.2, 0.25) is 5.91 Å². The molecule has 1 rings (SSSR count). The van der Waals surface area contributed by atoms with Crippen molar-refractivity contribution >= 4 is 5.91 Å². The van der Waals surface area contributed by atoms with Gasteiger partial charge in [-0.1, -0.05) is 6.92 Å². The fourth-order valence-corrected chi connectivity index (χ4v) is 2.32. The summed E-state index contributed by atoms with van der Waals surface area (Å²) < 4.78 is 0. The Kier molecular flexibility index (Phi) is 4.95. The monoisotopic (exact) mass is 241 g/mol. The first-order valence-corrected chi connectivity index (χ1v) is 6.66. The van der Waals surface area contributed by atoms with Crippen molar-refractivity contribution in [3.63, 3.8) is 0 Å². The van der Waals surface area contributed by atoms with E-state index in [1.165, 1.54) is 0 Å². The van der Waals surface area contributed by atoms with Crippen molar-refractivity contribution in [2.24, 2.45) is 0 Å². The highest BCUT2D eigenvalue weighted by Crippen LogP contribution is 2.19. The van der Waals surface area contributed by atoms with Crippen LogP contribution in [0.2, 0.25) is 0 Å². The largest absolute Gasteiger partial charge is 0.352 e. The average Bonchev–Trinajstić information content (AvgIpc) is 2.27. The van der Waals surface area contributed by atoms with Crippen LogP contribution in [-0.4, -0.2) is 48.1 Å². The number of rotatable bonds is 4. The number of nitrogens with one attached hydrogen (secondary N) is 2. The maximum Gasteiger partial charge on any atom is 0.237 e. The second-order valence-corrected chi connectivity index (χ2v) is 5.68. The number of hydrogen-bond donors (Lipinski definition) is 2. The van der Waals surface area contributed by atoms with E-state index in [0.717, 1.165) is 26.1 Å². The summed E-state index contributed by atoms with van der Waals surface area (Å²) in [5, 5.41) is 6.44. The molecule has 0 aromatic carbocycles. The molecule has 17 heavy (non-hydrogen) atoms. The van der Waals surface area contributed by atoms with Gasteiger partial charge in [0.1, 0.15) is 0 Å². The van der Waals surface area contributed by atoms with E-state index in [4.69, 9.17) is 0 Å². The van der Waals surface area contributed by atoms with Gasteiger partial charge in [0.15, 0.2) is 0 Å². The summed E-state index contributed by atoms with van der Waals surface area (Å²) in [7, 11) is 0. The second kappa shape index (κ2) is 5.83. The van der Waals surface area contributed by atoms with Crippen molar-refractivity contribution in [2.45, 2.75) is 58.7 Å². The standard InChI is InChI=1S/C13H27N3O/c1-6-10(2)15-12(17)11(3)16-8-7-14-9-13(16,4)5/h10-11,14H,6-9H2,1-5H3,(H,15,17). The zero-order valence-corrected chi connectivity index (χ0v) is 11.8.